The second-order valence-electron chi connectivity index (χ2n) is 6.52. The number of amides is 1. The van der Waals surface area contributed by atoms with Crippen LogP contribution in [0.3, 0.4) is 0 Å². The van der Waals surface area contributed by atoms with Crippen molar-refractivity contribution in [2.24, 2.45) is 5.73 Å². The van der Waals surface area contributed by atoms with Gasteiger partial charge in [0.05, 0.1) is 13.2 Å². The first kappa shape index (κ1) is 19.3. The number of rotatable bonds is 6. The van der Waals surface area contributed by atoms with Gasteiger partial charge in [0.15, 0.2) is 0 Å². The summed E-state index contributed by atoms with van der Waals surface area (Å²) in [6.07, 6.45) is -1.11. The molecule has 0 fully saturated rings. The molecule has 0 aromatic heterocycles. The zero-order valence-electron chi connectivity index (χ0n) is 14.6. The van der Waals surface area contributed by atoms with Crippen molar-refractivity contribution in [3.63, 3.8) is 0 Å². The number of alkyl carbamates (subject to hydrolysis) is 1. The van der Waals surface area contributed by atoms with Gasteiger partial charge in [-0.25, -0.2) is 4.79 Å². The van der Waals surface area contributed by atoms with Gasteiger partial charge in [-0.05, 0) is 52.8 Å². The molecule has 2 atom stereocenters. The normalized spacial score (nSPS) is 14.0. The van der Waals surface area contributed by atoms with E-state index in [0.29, 0.717) is 24.3 Å². The molecule has 23 heavy (non-hydrogen) atoms. The molecule has 0 radical (unpaired) electrons. The van der Waals surface area contributed by atoms with Crippen molar-refractivity contribution >= 4 is 6.09 Å². The fourth-order valence-corrected chi connectivity index (χ4v) is 2.25. The Hall–Kier alpha value is -1.79. The van der Waals surface area contributed by atoms with Gasteiger partial charge in [0.2, 0.25) is 0 Å². The Kier molecular flexibility index (Phi) is 6.84. The molecule has 0 saturated carbocycles. The monoisotopic (exact) mass is 324 g/mol. The van der Waals surface area contributed by atoms with E-state index in [1.165, 1.54) is 0 Å². The Bertz CT molecular complexity index is 526. The van der Waals surface area contributed by atoms with Crippen LogP contribution in [0.5, 0.6) is 5.75 Å². The van der Waals surface area contributed by atoms with Crippen LogP contribution in [-0.4, -0.2) is 36.5 Å². The number of carbonyl (C=O) groups is 1. The molecule has 0 saturated heterocycles. The number of nitrogens with two attached hydrogens (primary N) is 1. The molecular formula is C17H28N2O4. The van der Waals surface area contributed by atoms with Crippen LogP contribution in [-0.2, 0) is 4.74 Å². The van der Waals surface area contributed by atoms with Gasteiger partial charge in [-0.3, -0.25) is 0 Å². The van der Waals surface area contributed by atoms with Crippen molar-refractivity contribution in [2.45, 2.75) is 51.9 Å². The van der Waals surface area contributed by atoms with E-state index >= 15 is 0 Å². The highest BCUT2D eigenvalue weighted by Crippen LogP contribution is 2.29. The van der Waals surface area contributed by atoms with Gasteiger partial charge in [-0.1, -0.05) is 11.6 Å². The van der Waals surface area contributed by atoms with Gasteiger partial charge in [0.25, 0.3) is 0 Å². The Morgan fingerprint density at radius 3 is 2.57 bits per heavy atom. The topological polar surface area (TPSA) is 93.8 Å². The molecular weight excluding hydrogens is 296 g/mol. The van der Waals surface area contributed by atoms with E-state index in [9.17, 15) is 9.90 Å². The number of aliphatic hydroxyl groups is 1. The predicted molar refractivity (Wildman–Crippen MR) is 89.5 cm³/mol. The highest BCUT2D eigenvalue weighted by Gasteiger charge is 2.27. The Labute approximate surface area is 138 Å². The van der Waals surface area contributed by atoms with Gasteiger partial charge in [-0.2, -0.15) is 0 Å². The summed E-state index contributed by atoms with van der Waals surface area (Å²) in [6, 6.07) is 4.96. The summed E-state index contributed by atoms with van der Waals surface area (Å²) in [5.74, 6) is 0.566. The minimum absolute atomic E-state index is 0.325. The lowest BCUT2D eigenvalue weighted by Gasteiger charge is -2.27. The number of nitrogens with one attached hydrogen (secondary N) is 1. The summed E-state index contributed by atoms with van der Waals surface area (Å²) in [4.78, 5) is 12.0. The third kappa shape index (κ3) is 6.08. The van der Waals surface area contributed by atoms with Crippen LogP contribution in [0.15, 0.2) is 18.2 Å². The van der Waals surface area contributed by atoms with E-state index in [2.05, 4.69) is 5.32 Å². The molecule has 1 aromatic carbocycles. The lowest BCUT2D eigenvalue weighted by molar-refractivity contribution is 0.0413. The Morgan fingerprint density at radius 1 is 1.39 bits per heavy atom. The number of hydrogen-bond donors (Lipinski definition) is 3. The number of benzene rings is 1. The van der Waals surface area contributed by atoms with Crippen molar-refractivity contribution in [2.75, 3.05) is 13.7 Å². The summed E-state index contributed by atoms with van der Waals surface area (Å²) in [5, 5.41) is 13.4. The van der Waals surface area contributed by atoms with E-state index in [1.54, 1.807) is 33.9 Å². The zero-order chi connectivity index (χ0) is 17.6. The molecule has 2 unspecified atom stereocenters. The molecule has 0 aliphatic rings. The summed E-state index contributed by atoms with van der Waals surface area (Å²) >= 11 is 0. The molecule has 6 nitrogen and oxygen atoms in total. The summed E-state index contributed by atoms with van der Waals surface area (Å²) in [5.41, 5.74) is 6.61. The molecule has 0 spiro atoms. The second-order valence-corrected chi connectivity index (χ2v) is 6.52. The van der Waals surface area contributed by atoms with Crippen LogP contribution in [0.4, 0.5) is 4.79 Å². The average molecular weight is 324 g/mol. The largest absolute Gasteiger partial charge is 0.496 e. The quantitative estimate of drug-likeness (QED) is 0.746. The maximum Gasteiger partial charge on any atom is 0.407 e. The highest BCUT2D eigenvalue weighted by molar-refractivity contribution is 5.68. The molecule has 0 bridgehead atoms. The van der Waals surface area contributed by atoms with E-state index in [1.807, 2.05) is 19.1 Å². The van der Waals surface area contributed by atoms with E-state index in [-0.39, 0.29) is 0 Å². The van der Waals surface area contributed by atoms with Crippen LogP contribution in [0.25, 0.3) is 0 Å². The van der Waals surface area contributed by atoms with Crippen molar-refractivity contribution in [3.05, 3.63) is 29.3 Å². The highest BCUT2D eigenvalue weighted by atomic mass is 16.6. The van der Waals surface area contributed by atoms with Crippen molar-refractivity contribution in [3.8, 4) is 5.75 Å². The molecule has 1 amide bonds. The van der Waals surface area contributed by atoms with Gasteiger partial charge in [0.1, 0.15) is 17.5 Å². The van der Waals surface area contributed by atoms with Crippen LogP contribution in [0, 0.1) is 6.92 Å². The van der Waals surface area contributed by atoms with Crippen LogP contribution in [0.2, 0.25) is 0 Å². The van der Waals surface area contributed by atoms with Crippen molar-refractivity contribution < 1.29 is 19.4 Å². The fourth-order valence-electron chi connectivity index (χ4n) is 2.25. The van der Waals surface area contributed by atoms with Crippen molar-refractivity contribution in [1.82, 2.24) is 5.32 Å². The number of hydrogen-bond acceptors (Lipinski definition) is 5. The minimum Gasteiger partial charge on any atom is -0.496 e. The van der Waals surface area contributed by atoms with E-state index in [4.69, 9.17) is 15.2 Å². The predicted octanol–water partition coefficient (Wildman–Crippen LogP) is 2.28. The summed E-state index contributed by atoms with van der Waals surface area (Å²) < 4.78 is 10.5. The molecule has 0 aliphatic carbocycles. The number of carbonyl (C=O) groups excluding carboxylic acids is 1. The van der Waals surface area contributed by atoms with Gasteiger partial charge < -0.3 is 25.6 Å². The van der Waals surface area contributed by atoms with Crippen molar-refractivity contribution in [1.29, 1.82) is 0 Å². The first-order valence-corrected chi connectivity index (χ1v) is 7.70. The molecule has 1 aromatic rings. The average Bonchev–Trinajstić information content (AvgIpc) is 2.44. The maximum absolute atomic E-state index is 12.0. The van der Waals surface area contributed by atoms with Crippen LogP contribution < -0.4 is 15.8 Å². The van der Waals surface area contributed by atoms with E-state index in [0.717, 1.165) is 5.56 Å². The number of methoxy groups -OCH3 is 1. The van der Waals surface area contributed by atoms with Crippen LogP contribution >= 0.6 is 0 Å². The standard InChI is InChI=1S/C17H28N2O4/c1-11-6-7-14(22-5)12(10-11)15(20)13(8-9-18)19-16(21)23-17(2,3)4/h6-7,10,13,15,20H,8-9,18H2,1-5H3,(H,19,21). The Morgan fingerprint density at radius 2 is 2.04 bits per heavy atom. The number of ether oxygens (including phenoxy) is 2. The lowest BCUT2D eigenvalue weighted by Crippen LogP contribution is -2.43. The Balaban J connectivity index is 2.96. The first-order valence-electron chi connectivity index (χ1n) is 7.70. The van der Waals surface area contributed by atoms with E-state index < -0.39 is 23.8 Å². The minimum atomic E-state index is -0.944. The third-order valence-electron chi connectivity index (χ3n) is 3.26. The first-order chi connectivity index (χ1) is 10.7. The molecule has 130 valence electrons. The lowest BCUT2D eigenvalue weighted by atomic mass is 9.97. The smallest absolute Gasteiger partial charge is 0.407 e. The fraction of sp³-hybridized carbons (Fsp3) is 0.588. The molecule has 6 heteroatoms. The second kappa shape index (κ2) is 8.17. The third-order valence-corrected chi connectivity index (χ3v) is 3.26. The maximum atomic E-state index is 12.0. The molecule has 0 heterocycles. The SMILES string of the molecule is COc1ccc(C)cc1C(O)C(CCN)NC(=O)OC(C)(C)C. The number of aryl methyl sites for hydroxylation is 1. The van der Waals surface area contributed by atoms with Gasteiger partial charge in [0, 0.05) is 5.56 Å². The van der Waals surface area contributed by atoms with Crippen LogP contribution in [0.1, 0.15) is 44.4 Å². The van der Waals surface area contributed by atoms with Gasteiger partial charge >= 0.3 is 6.09 Å². The number of aliphatic hydroxyl groups excluding tert-OH is 1. The zero-order valence-corrected chi connectivity index (χ0v) is 14.6. The van der Waals surface area contributed by atoms with Gasteiger partial charge in [-0.15, -0.1) is 0 Å². The molecule has 1 rings (SSSR count). The molecule has 0 aliphatic heterocycles. The molecule has 4 N–H and O–H groups in total. The summed E-state index contributed by atoms with van der Waals surface area (Å²) in [7, 11) is 1.54. The summed E-state index contributed by atoms with van der Waals surface area (Å²) in [6.45, 7) is 7.60.